The molecule has 2 heteroatoms. The van der Waals surface area contributed by atoms with Gasteiger partial charge < -0.3 is 5.21 Å². The van der Waals surface area contributed by atoms with Gasteiger partial charge in [0.1, 0.15) is 0 Å². The van der Waals surface area contributed by atoms with Gasteiger partial charge in [-0.2, -0.15) is 0 Å². The first-order valence-electron chi connectivity index (χ1n) is 4.20. The lowest BCUT2D eigenvalue weighted by Crippen LogP contribution is -1.96. The van der Waals surface area contributed by atoms with E-state index in [1.807, 2.05) is 43.3 Å². The molecule has 1 aromatic rings. The zero-order valence-corrected chi connectivity index (χ0v) is 7.86. The minimum absolute atomic E-state index is 0.633. The van der Waals surface area contributed by atoms with Crippen molar-refractivity contribution < 1.29 is 5.21 Å². The van der Waals surface area contributed by atoms with Crippen molar-refractivity contribution >= 4 is 11.3 Å². The molecule has 0 aliphatic rings. The summed E-state index contributed by atoms with van der Waals surface area (Å²) in [4.78, 5) is 0. The molecule has 0 saturated heterocycles. The van der Waals surface area contributed by atoms with Gasteiger partial charge in [-0.25, -0.2) is 0 Å². The van der Waals surface area contributed by atoms with E-state index < -0.39 is 0 Å². The van der Waals surface area contributed by atoms with Crippen LogP contribution in [-0.4, -0.2) is 10.9 Å². The van der Waals surface area contributed by atoms with Gasteiger partial charge in [0.05, 0.1) is 5.71 Å². The molecular formula is C11H13NO. The molecule has 0 bridgehead atoms. The summed E-state index contributed by atoms with van der Waals surface area (Å²) in [5, 5.41) is 11.8. The summed E-state index contributed by atoms with van der Waals surface area (Å²) in [6, 6.07) is 9.86. The molecule has 0 fully saturated rings. The van der Waals surface area contributed by atoms with Gasteiger partial charge in [0.2, 0.25) is 0 Å². The summed E-state index contributed by atoms with van der Waals surface area (Å²) in [6.45, 7) is 3.71. The molecule has 0 radical (unpaired) electrons. The van der Waals surface area contributed by atoms with Crippen LogP contribution >= 0.6 is 0 Å². The molecule has 68 valence electrons. The second-order valence-corrected chi connectivity index (χ2v) is 2.75. The molecule has 0 unspecified atom stereocenters. The van der Waals surface area contributed by atoms with Crippen LogP contribution in [0.4, 0.5) is 0 Å². The van der Waals surface area contributed by atoms with Crippen molar-refractivity contribution in [3.63, 3.8) is 0 Å². The first kappa shape index (κ1) is 9.52. The van der Waals surface area contributed by atoms with Gasteiger partial charge in [0.15, 0.2) is 0 Å². The Bertz CT molecular complexity index is 325. The predicted octanol–water partition coefficient (Wildman–Crippen LogP) is 2.94. The Balaban J connectivity index is 3.07. The van der Waals surface area contributed by atoms with Crippen LogP contribution in [0.1, 0.15) is 19.4 Å². The van der Waals surface area contributed by atoms with Gasteiger partial charge in [-0.15, -0.1) is 0 Å². The first-order valence-corrected chi connectivity index (χ1v) is 4.20. The number of hydrogen-bond donors (Lipinski definition) is 1. The van der Waals surface area contributed by atoms with Gasteiger partial charge in [-0.1, -0.05) is 41.6 Å². The molecule has 13 heavy (non-hydrogen) atoms. The summed E-state index contributed by atoms with van der Waals surface area (Å²) < 4.78 is 0. The van der Waals surface area contributed by atoms with Crippen molar-refractivity contribution in [2.45, 2.75) is 13.8 Å². The normalized spacial score (nSPS) is 13.1. The van der Waals surface area contributed by atoms with Crippen LogP contribution in [-0.2, 0) is 0 Å². The van der Waals surface area contributed by atoms with E-state index in [0.29, 0.717) is 5.71 Å². The molecule has 0 aromatic heterocycles. The number of nitrogens with zero attached hydrogens (tertiary/aromatic N) is 1. The molecule has 0 saturated carbocycles. The van der Waals surface area contributed by atoms with Crippen molar-refractivity contribution in [1.29, 1.82) is 0 Å². The lowest BCUT2D eigenvalue weighted by Gasteiger charge is -2.04. The number of allylic oxidation sites excluding steroid dienone is 2. The average molecular weight is 175 g/mol. The quantitative estimate of drug-likeness (QED) is 0.418. The Morgan fingerprint density at radius 3 is 2.38 bits per heavy atom. The molecule has 0 atom stereocenters. The van der Waals surface area contributed by atoms with E-state index in [0.717, 1.165) is 11.1 Å². The van der Waals surface area contributed by atoms with Crippen molar-refractivity contribution in [2.75, 3.05) is 0 Å². The first-order chi connectivity index (χ1) is 6.29. The van der Waals surface area contributed by atoms with Crippen LogP contribution in [0, 0.1) is 0 Å². The molecule has 0 spiro atoms. The summed E-state index contributed by atoms with van der Waals surface area (Å²) in [6.07, 6.45) is 1.93. The lowest BCUT2D eigenvalue weighted by molar-refractivity contribution is 0.319. The number of oxime groups is 1. The third-order valence-electron chi connectivity index (χ3n) is 1.91. The molecular weight excluding hydrogens is 162 g/mol. The zero-order chi connectivity index (χ0) is 9.68. The lowest BCUT2D eigenvalue weighted by atomic mass is 10.0. The van der Waals surface area contributed by atoms with E-state index in [-0.39, 0.29) is 0 Å². The fourth-order valence-electron chi connectivity index (χ4n) is 1.26. The largest absolute Gasteiger partial charge is 0.411 e. The fraction of sp³-hybridized carbons (Fsp3) is 0.182. The highest BCUT2D eigenvalue weighted by molar-refractivity contribution is 6.22. The van der Waals surface area contributed by atoms with Crippen molar-refractivity contribution in [2.24, 2.45) is 5.16 Å². The van der Waals surface area contributed by atoms with Crippen LogP contribution in [0.2, 0.25) is 0 Å². The molecule has 1 rings (SSSR count). The molecule has 2 nitrogen and oxygen atoms in total. The summed E-state index contributed by atoms with van der Waals surface area (Å²) in [5.74, 6) is 0. The second-order valence-electron chi connectivity index (χ2n) is 2.75. The summed E-state index contributed by atoms with van der Waals surface area (Å²) in [5.41, 5.74) is 2.66. The zero-order valence-electron chi connectivity index (χ0n) is 7.86. The van der Waals surface area contributed by atoms with Crippen molar-refractivity contribution in [3.05, 3.63) is 42.0 Å². The highest BCUT2D eigenvalue weighted by Gasteiger charge is 2.02. The maximum atomic E-state index is 8.64. The third kappa shape index (κ3) is 2.18. The van der Waals surface area contributed by atoms with Crippen molar-refractivity contribution in [3.8, 4) is 0 Å². The summed E-state index contributed by atoms with van der Waals surface area (Å²) >= 11 is 0. The van der Waals surface area contributed by atoms with E-state index in [1.165, 1.54) is 0 Å². The Labute approximate surface area is 78.2 Å². The molecule has 0 aliphatic carbocycles. The van der Waals surface area contributed by atoms with Crippen LogP contribution in [0.3, 0.4) is 0 Å². The van der Waals surface area contributed by atoms with Crippen molar-refractivity contribution in [1.82, 2.24) is 0 Å². The minimum atomic E-state index is 0.633. The third-order valence-corrected chi connectivity index (χ3v) is 1.91. The van der Waals surface area contributed by atoms with E-state index >= 15 is 0 Å². The fourth-order valence-corrected chi connectivity index (χ4v) is 1.26. The number of rotatable bonds is 2. The maximum Gasteiger partial charge on any atom is 0.0839 e. The van der Waals surface area contributed by atoms with Crippen LogP contribution in [0.15, 0.2) is 41.6 Å². The van der Waals surface area contributed by atoms with E-state index in [2.05, 4.69) is 5.16 Å². The van der Waals surface area contributed by atoms with E-state index in [9.17, 15) is 0 Å². The standard InChI is InChI=1S/C11H13NO/c1-3-11(9(2)12-13)10-7-5-4-6-8-10/h3-8,13H,1-2H3/b11-3+,12-9?. The Morgan fingerprint density at radius 1 is 1.31 bits per heavy atom. The van der Waals surface area contributed by atoms with Gasteiger partial charge >= 0.3 is 0 Å². The van der Waals surface area contributed by atoms with E-state index in [4.69, 9.17) is 5.21 Å². The topological polar surface area (TPSA) is 32.6 Å². The van der Waals surface area contributed by atoms with E-state index in [1.54, 1.807) is 6.92 Å². The molecule has 0 amide bonds. The van der Waals surface area contributed by atoms with Crippen LogP contribution < -0.4 is 0 Å². The molecule has 1 N–H and O–H groups in total. The predicted molar refractivity (Wildman–Crippen MR) is 55.0 cm³/mol. The highest BCUT2D eigenvalue weighted by atomic mass is 16.4. The molecule has 1 aromatic carbocycles. The second kappa shape index (κ2) is 4.45. The van der Waals surface area contributed by atoms with Crippen LogP contribution in [0.5, 0.6) is 0 Å². The van der Waals surface area contributed by atoms with Gasteiger partial charge in [-0.05, 0) is 19.4 Å². The Morgan fingerprint density at radius 2 is 1.92 bits per heavy atom. The average Bonchev–Trinajstić information content (AvgIpc) is 2.20. The van der Waals surface area contributed by atoms with Gasteiger partial charge in [-0.3, -0.25) is 0 Å². The van der Waals surface area contributed by atoms with Gasteiger partial charge in [0, 0.05) is 5.57 Å². The highest BCUT2D eigenvalue weighted by Crippen LogP contribution is 2.15. The van der Waals surface area contributed by atoms with Gasteiger partial charge in [0.25, 0.3) is 0 Å². The molecule has 0 heterocycles. The smallest absolute Gasteiger partial charge is 0.0839 e. The monoisotopic (exact) mass is 175 g/mol. The SMILES string of the molecule is C/C=C(\C(C)=NO)c1ccccc1. The summed E-state index contributed by atoms with van der Waals surface area (Å²) in [7, 11) is 0. The maximum absolute atomic E-state index is 8.64. The Hall–Kier alpha value is -1.57. The molecule has 0 aliphatic heterocycles. The van der Waals surface area contributed by atoms with Crippen LogP contribution in [0.25, 0.3) is 5.57 Å². The Kier molecular flexibility index (Phi) is 3.26. The number of hydrogen-bond acceptors (Lipinski definition) is 2. The minimum Gasteiger partial charge on any atom is -0.411 e. The number of benzene rings is 1.